The van der Waals surface area contributed by atoms with Gasteiger partial charge in [-0.15, -0.1) is 0 Å². The van der Waals surface area contributed by atoms with E-state index in [1.807, 2.05) is 0 Å². The van der Waals surface area contributed by atoms with Crippen molar-refractivity contribution in [3.8, 4) is 0 Å². The van der Waals surface area contributed by atoms with Gasteiger partial charge >= 0.3 is 5.30 Å². The zero-order chi connectivity index (χ0) is 8.10. The fourth-order valence-electron chi connectivity index (χ4n) is 1.19. The maximum absolute atomic E-state index is 10.3. The predicted molar refractivity (Wildman–Crippen MR) is 46.8 cm³/mol. The number of hydrogen-bond acceptors (Lipinski definition) is 2. The third kappa shape index (κ3) is 3.46. The Balaban J connectivity index is 2.40. The molecule has 0 saturated heterocycles. The summed E-state index contributed by atoms with van der Waals surface area (Å²) < 4.78 is 0. The lowest BCUT2D eigenvalue weighted by atomic mass is 10.2. The monoisotopic (exact) mass is 172 g/mol. The average Bonchev–Trinajstić information content (AvgIpc) is 2.14. The highest BCUT2D eigenvalue weighted by atomic mass is 32.2. The van der Waals surface area contributed by atoms with Gasteiger partial charge in [0.2, 0.25) is 0 Å². The van der Waals surface area contributed by atoms with Gasteiger partial charge in [0.1, 0.15) is 0 Å². The average molecular weight is 172 g/mol. The molecule has 2 nitrogen and oxygen atoms in total. The van der Waals surface area contributed by atoms with Gasteiger partial charge < -0.3 is 5.11 Å². The molecule has 0 atom stereocenters. The van der Waals surface area contributed by atoms with Crippen LogP contribution in [0, 0.1) is 0 Å². The Kier molecular flexibility index (Phi) is 3.49. The van der Waals surface area contributed by atoms with Gasteiger partial charge in [-0.05, 0) is 42.4 Å². The van der Waals surface area contributed by atoms with Crippen molar-refractivity contribution in [2.75, 3.05) is 0 Å². The molecule has 0 aromatic heterocycles. The number of hydrogen-bond donors (Lipinski definition) is 1. The molecule has 0 radical (unpaired) electrons. The molecule has 0 heterocycles. The van der Waals surface area contributed by atoms with Crippen LogP contribution >= 0.6 is 11.8 Å². The molecule has 3 heteroatoms. The van der Waals surface area contributed by atoms with Crippen molar-refractivity contribution in [2.45, 2.75) is 32.1 Å². The van der Waals surface area contributed by atoms with E-state index in [4.69, 9.17) is 5.11 Å². The van der Waals surface area contributed by atoms with Crippen LogP contribution in [0.1, 0.15) is 32.1 Å². The first-order valence-electron chi connectivity index (χ1n) is 3.89. The van der Waals surface area contributed by atoms with E-state index in [-0.39, 0.29) is 0 Å². The highest BCUT2D eigenvalue weighted by molar-refractivity contribution is 8.16. The molecule has 0 unspecified atom stereocenters. The van der Waals surface area contributed by atoms with Crippen LogP contribution in [-0.2, 0) is 0 Å². The van der Waals surface area contributed by atoms with Crippen LogP contribution in [-0.4, -0.2) is 10.4 Å². The highest BCUT2D eigenvalue weighted by Crippen LogP contribution is 2.26. The summed E-state index contributed by atoms with van der Waals surface area (Å²) in [5, 5.41) is 7.70. The van der Waals surface area contributed by atoms with Gasteiger partial charge in [-0.2, -0.15) is 0 Å². The Labute approximate surface area is 70.7 Å². The Hall–Kier alpha value is -0.440. The van der Waals surface area contributed by atoms with Gasteiger partial charge in [-0.3, -0.25) is 0 Å². The maximum Gasteiger partial charge on any atom is 0.369 e. The SMILES string of the molecule is O=C(O)SC1=CCCCCC1. The molecular formula is C8H12O2S. The molecule has 0 aromatic carbocycles. The molecule has 0 aromatic rings. The second-order valence-electron chi connectivity index (χ2n) is 2.64. The summed E-state index contributed by atoms with van der Waals surface area (Å²) >= 11 is 0.966. The lowest BCUT2D eigenvalue weighted by molar-refractivity contribution is 0.222. The number of carbonyl (C=O) groups is 1. The van der Waals surface area contributed by atoms with E-state index >= 15 is 0 Å². The van der Waals surface area contributed by atoms with Crippen molar-refractivity contribution in [1.82, 2.24) is 0 Å². The summed E-state index contributed by atoms with van der Waals surface area (Å²) in [7, 11) is 0. The van der Waals surface area contributed by atoms with E-state index in [2.05, 4.69) is 6.08 Å². The minimum Gasteiger partial charge on any atom is -0.473 e. The van der Waals surface area contributed by atoms with E-state index in [9.17, 15) is 4.79 Å². The molecule has 11 heavy (non-hydrogen) atoms. The molecule has 0 fully saturated rings. The summed E-state index contributed by atoms with van der Waals surface area (Å²) in [6.45, 7) is 0. The van der Waals surface area contributed by atoms with Crippen molar-refractivity contribution < 1.29 is 9.90 Å². The fourth-order valence-corrected chi connectivity index (χ4v) is 1.86. The van der Waals surface area contributed by atoms with E-state index in [1.54, 1.807) is 0 Å². The lowest BCUT2D eigenvalue weighted by Gasteiger charge is -1.98. The molecule has 0 aliphatic heterocycles. The maximum atomic E-state index is 10.3. The largest absolute Gasteiger partial charge is 0.473 e. The molecule has 1 aliphatic rings. The number of carboxylic acid groups (broad SMARTS) is 1. The predicted octanol–water partition coefficient (Wildman–Crippen LogP) is 3.25. The first kappa shape index (κ1) is 8.65. The van der Waals surface area contributed by atoms with Crippen molar-refractivity contribution in [3.63, 3.8) is 0 Å². The standard InChI is InChI=1S/C8H12O2S/c9-8(10)11-7-5-3-1-2-4-6-7/h5H,1-4,6H2,(H,9,10). The van der Waals surface area contributed by atoms with Crippen LogP contribution in [0.25, 0.3) is 0 Å². The third-order valence-corrected chi connectivity index (χ3v) is 2.53. The minimum atomic E-state index is -0.779. The Morgan fingerprint density at radius 3 is 3.00 bits per heavy atom. The van der Waals surface area contributed by atoms with Gasteiger partial charge in [-0.1, -0.05) is 12.5 Å². The Bertz CT molecular complexity index is 175. The third-order valence-electron chi connectivity index (χ3n) is 1.72. The molecule has 1 aliphatic carbocycles. The summed E-state index contributed by atoms with van der Waals surface area (Å²) in [6, 6.07) is 0. The topological polar surface area (TPSA) is 37.3 Å². The van der Waals surface area contributed by atoms with Gasteiger partial charge in [0.05, 0.1) is 0 Å². The highest BCUT2D eigenvalue weighted by Gasteiger charge is 2.06. The van der Waals surface area contributed by atoms with Crippen molar-refractivity contribution in [1.29, 1.82) is 0 Å². The molecule has 0 spiro atoms. The van der Waals surface area contributed by atoms with E-state index in [0.29, 0.717) is 0 Å². The molecule has 1 N–H and O–H groups in total. The van der Waals surface area contributed by atoms with Gasteiger partial charge in [0.15, 0.2) is 0 Å². The molecule has 0 saturated carbocycles. The molecule has 62 valence electrons. The van der Waals surface area contributed by atoms with Crippen LogP contribution < -0.4 is 0 Å². The van der Waals surface area contributed by atoms with E-state index in [1.165, 1.54) is 12.8 Å². The molecule has 0 amide bonds. The Morgan fingerprint density at radius 2 is 2.27 bits per heavy atom. The first-order valence-corrected chi connectivity index (χ1v) is 4.70. The Morgan fingerprint density at radius 1 is 1.45 bits per heavy atom. The number of thioether (sulfide) groups is 1. The van der Waals surface area contributed by atoms with Crippen molar-refractivity contribution in [2.24, 2.45) is 0 Å². The molecule has 1 rings (SSSR count). The summed E-state index contributed by atoms with van der Waals surface area (Å²) in [5.74, 6) is 0. The zero-order valence-electron chi connectivity index (χ0n) is 6.38. The van der Waals surface area contributed by atoms with E-state index < -0.39 is 5.30 Å². The number of rotatable bonds is 1. The van der Waals surface area contributed by atoms with Crippen molar-refractivity contribution in [3.05, 3.63) is 11.0 Å². The second-order valence-corrected chi connectivity index (χ2v) is 3.72. The quantitative estimate of drug-likeness (QED) is 0.659. The second kappa shape index (κ2) is 4.44. The normalized spacial score (nSPS) is 18.7. The smallest absolute Gasteiger partial charge is 0.369 e. The van der Waals surface area contributed by atoms with Crippen LogP contribution in [0.3, 0.4) is 0 Å². The molecular weight excluding hydrogens is 160 g/mol. The van der Waals surface area contributed by atoms with Gasteiger partial charge in [0.25, 0.3) is 0 Å². The van der Waals surface area contributed by atoms with Gasteiger partial charge in [0, 0.05) is 0 Å². The van der Waals surface area contributed by atoms with Crippen LogP contribution in [0.15, 0.2) is 11.0 Å². The fraction of sp³-hybridized carbons (Fsp3) is 0.625. The summed E-state index contributed by atoms with van der Waals surface area (Å²) in [5.41, 5.74) is 0. The molecule has 0 bridgehead atoms. The first-order chi connectivity index (χ1) is 5.29. The summed E-state index contributed by atoms with van der Waals surface area (Å²) in [6.07, 6.45) is 7.66. The minimum absolute atomic E-state index is 0.779. The van der Waals surface area contributed by atoms with Crippen molar-refractivity contribution >= 4 is 17.1 Å². The summed E-state index contributed by atoms with van der Waals surface area (Å²) in [4.78, 5) is 11.3. The van der Waals surface area contributed by atoms with Crippen LogP contribution in [0.4, 0.5) is 4.79 Å². The van der Waals surface area contributed by atoms with Crippen LogP contribution in [0.2, 0.25) is 0 Å². The van der Waals surface area contributed by atoms with E-state index in [0.717, 1.165) is 35.9 Å². The van der Waals surface area contributed by atoms with Gasteiger partial charge in [-0.25, -0.2) is 4.79 Å². The lowest BCUT2D eigenvalue weighted by Crippen LogP contribution is -1.85. The van der Waals surface area contributed by atoms with Crippen LogP contribution in [0.5, 0.6) is 0 Å². The zero-order valence-corrected chi connectivity index (χ0v) is 7.19. The number of allylic oxidation sites excluding steroid dienone is 2.